The van der Waals surface area contributed by atoms with E-state index in [1.54, 1.807) is 0 Å². The number of thioether (sulfide) groups is 1. The zero-order valence-electron chi connectivity index (χ0n) is 11.0. The molecule has 2 heteroatoms. The van der Waals surface area contributed by atoms with Gasteiger partial charge in [-0.25, -0.2) is 0 Å². The summed E-state index contributed by atoms with van der Waals surface area (Å²) >= 11 is 1.99. The summed E-state index contributed by atoms with van der Waals surface area (Å²) in [5.41, 5.74) is 4.14. The molecule has 1 fully saturated rings. The number of hydrogen-bond acceptors (Lipinski definition) is 2. The van der Waals surface area contributed by atoms with E-state index in [2.05, 4.69) is 37.0 Å². The van der Waals surface area contributed by atoms with E-state index in [0.29, 0.717) is 6.04 Å². The fourth-order valence-corrected chi connectivity index (χ4v) is 3.88. The van der Waals surface area contributed by atoms with Crippen molar-refractivity contribution >= 4 is 17.3 Å². The molecule has 1 aromatic rings. The van der Waals surface area contributed by atoms with E-state index in [0.717, 1.165) is 12.5 Å². The van der Waals surface area contributed by atoms with E-state index < -0.39 is 0 Å². The molecular formula is C16H21NS. The zero-order valence-corrected chi connectivity index (χ0v) is 11.9. The molecule has 1 nitrogen and oxygen atoms in total. The van der Waals surface area contributed by atoms with Crippen LogP contribution < -0.4 is 5.32 Å². The first-order valence-corrected chi connectivity index (χ1v) is 7.96. The maximum Gasteiger partial charge on any atom is 0.0348 e. The number of hydrogen-bond donors (Lipinski definition) is 1. The molecule has 1 aliphatic heterocycles. The second kappa shape index (κ2) is 5.10. The van der Waals surface area contributed by atoms with Crippen molar-refractivity contribution in [3.8, 4) is 0 Å². The van der Waals surface area contributed by atoms with Crippen molar-refractivity contribution in [1.29, 1.82) is 0 Å². The summed E-state index contributed by atoms with van der Waals surface area (Å²) in [7, 11) is 0. The second-order valence-electron chi connectivity index (χ2n) is 5.32. The molecule has 96 valence electrons. The third kappa shape index (κ3) is 2.36. The summed E-state index contributed by atoms with van der Waals surface area (Å²) in [5.74, 6) is 2.06. The van der Waals surface area contributed by atoms with Gasteiger partial charge in [0.1, 0.15) is 0 Å². The third-order valence-electron chi connectivity index (χ3n) is 3.96. The van der Waals surface area contributed by atoms with E-state index in [9.17, 15) is 0 Å². The van der Waals surface area contributed by atoms with Crippen molar-refractivity contribution in [2.24, 2.45) is 5.92 Å². The summed E-state index contributed by atoms with van der Waals surface area (Å²) in [5, 5.41) is 3.60. The van der Waals surface area contributed by atoms with Crippen LogP contribution in [-0.4, -0.2) is 18.3 Å². The Morgan fingerprint density at radius 2 is 2.33 bits per heavy atom. The molecule has 0 amide bonds. The quantitative estimate of drug-likeness (QED) is 0.864. The number of aryl methyl sites for hydroxylation is 1. The highest BCUT2D eigenvalue weighted by Crippen LogP contribution is 2.39. The van der Waals surface area contributed by atoms with Crippen LogP contribution in [0.4, 0.5) is 0 Å². The minimum absolute atomic E-state index is 0.486. The highest BCUT2D eigenvalue weighted by molar-refractivity contribution is 7.99. The van der Waals surface area contributed by atoms with Crippen molar-refractivity contribution in [1.82, 2.24) is 5.32 Å². The fourth-order valence-electron chi connectivity index (χ4n) is 2.77. The second-order valence-corrected chi connectivity index (χ2v) is 6.46. The van der Waals surface area contributed by atoms with Gasteiger partial charge in [0, 0.05) is 16.7 Å². The summed E-state index contributed by atoms with van der Waals surface area (Å²) in [6.45, 7) is 7.57. The van der Waals surface area contributed by atoms with Gasteiger partial charge >= 0.3 is 0 Å². The molecule has 0 aromatic heterocycles. The third-order valence-corrected chi connectivity index (χ3v) is 5.06. The SMILES string of the molecule is C=C(c1ccc2c(c1)SCC2)C(NCC)C1CC1. The molecule has 1 unspecified atom stereocenters. The van der Waals surface area contributed by atoms with Gasteiger partial charge in [0.2, 0.25) is 0 Å². The van der Waals surface area contributed by atoms with Gasteiger partial charge < -0.3 is 5.32 Å². The van der Waals surface area contributed by atoms with Gasteiger partial charge in [-0.3, -0.25) is 0 Å². The van der Waals surface area contributed by atoms with Crippen LogP contribution in [0.5, 0.6) is 0 Å². The molecule has 3 rings (SSSR count). The number of benzene rings is 1. The molecular weight excluding hydrogens is 238 g/mol. The van der Waals surface area contributed by atoms with Gasteiger partial charge in [0.05, 0.1) is 0 Å². The fraction of sp³-hybridized carbons (Fsp3) is 0.500. The van der Waals surface area contributed by atoms with Gasteiger partial charge in [-0.2, -0.15) is 0 Å². The summed E-state index contributed by atoms with van der Waals surface area (Å²) in [6.07, 6.45) is 3.94. The molecule has 1 saturated carbocycles. The van der Waals surface area contributed by atoms with Crippen LogP contribution in [0.3, 0.4) is 0 Å². The van der Waals surface area contributed by atoms with Crippen molar-refractivity contribution < 1.29 is 0 Å². The molecule has 1 N–H and O–H groups in total. The Morgan fingerprint density at radius 3 is 3.06 bits per heavy atom. The topological polar surface area (TPSA) is 12.0 Å². The predicted molar refractivity (Wildman–Crippen MR) is 80.1 cm³/mol. The number of nitrogens with one attached hydrogen (secondary N) is 1. The Labute approximate surface area is 114 Å². The molecule has 1 aliphatic carbocycles. The van der Waals surface area contributed by atoms with Crippen LogP contribution in [0.1, 0.15) is 30.9 Å². The summed E-state index contributed by atoms with van der Waals surface area (Å²) in [6, 6.07) is 7.40. The molecule has 0 spiro atoms. The molecule has 0 bridgehead atoms. The van der Waals surface area contributed by atoms with Crippen LogP contribution in [0, 0.1) is 5.92 Å². The van der Waals surface area contributed by atoms with E-state index in [1.165, 1.54) is 46.6 Å². The largest absolute Gasteiger partial charge is 0.310 e. The zero-order chi connectivity index (χ0) is 12.5. The lowest BCUT2D eigenvalue weighted by atomic mass is 9.95. The van der Waals surface area contributed by atoms with Crippen molar-refractivity contribution in [2.75, 3.05) is 12.3 Å². The van der Waals surface area contributed by atoms with Crippen LogP contribution in [0.2, 0.25) is 0 Å². The average Bonchev–Trinajstić information content (AvgIpc) is 3.12. The van der Waals surface area contributed by atoms with E-state index in [1.807, 2.05) is 11.8 Å². The first kappa shape index (κ1) is 12.3. The Morgan fingerprint density at radius 1 is 1.50 bits per heavy atom. The Kier molecular flexibility index (Phi) is 3.49. The standard InChI is InChI=1S/C16H21NS/c1-3-17-16(13-5-6-13)11(2)14-7-4-12-8-9-18-15(12)10-14/h4,7,10,13,16-17H,2-3,5-6,8-9H2,1H3. The number of fused-ring (bicyclic) bond motifs is 1. The molecule has 1 aromatic carbocycles. The first-order valence-electron chi connectivity index (χ1n) is 6.98. The van der Waals surface area contributed by atoms with Crippen molar-refractivity contribution in [2.45, 2.75) is 37.1 Å². The van der Waals surface area contributed by atoms with Crippen LogP contribution >= 0.6 is 11.8 Å². The molecule has 0 saturated heterocycles. The monoisotopic (exact) mass is 259 g/mol. The highest BCUT2D eigenvalue weighted by Gasteiger charge is 2.32. The van der Waals surface area contributed by atoms with Gasteiger partial charge in [-0.1, -0.05) is 25.6 Å². The lowest BCUT2D eigenvalue weighted by molar-refractivity contribution is 0.571. The predicted octanol–water partition coefficient (Wildman–Crippen LogP) is 3.74. The molecule has 18 heavy (non-hydrogen) atoms. The Balaban J connectivity index is 1.82. The van der Waals surface area contributed by atoms with Crippen LogP contribution in [0.25, 0.3) is 5.57 Å². The average molecular weight is 259 g/mol. The van der Waals surface area contributed by atoms with Gasteiger partial charge in [0.25, 0.3) is 0 Å². The summed E-state index contributed by atoms with van der Waals surface area (Å²) < 4.78 is 0. The number of rotatable bonds is 5. The van der Waals surface area contributed by atoms with Gasteiger partial charge in [-0.05, 0) is 54.5 Å². The molecule has 2 aliphatic rings. The van der Waals surface area contributed by atoms with Crippen LogP contribution in [0.15, 0.2) is 29.7 Å². The Bertz CT molecular complexity index is 462. The van der Waals surface area contributed by atoms with E-state index in [-0.39, 0.29) is 0 Å². The smallest absolute Gasteiger partial charge is 0.0348 e. The Hall–Kier alpha value is -0.730. The van der Waals surface area contributed by atoms with E-state index in [4.69, 9.17) is 0 Å². The number of likely N-dealkylation sites (N-methyl/N-ethyl adjacent to an activating group) is 1. The normalized spacial score (nSPS) is 19.6. The van der Waals surface area contributed by atoms with E-state index >= 15 is 0 Å². The first-order chi connectivity index (χ1) is 8.79. The lowest BCUT2D eigenvalue weighted by Gasteiger charge is -2.21. The van der Waals surface area contributed by atoms with Crippen molar-refractivity contribution in [3.63, 3.8) is 0 Å². The minimum atomic E-state index is 0.486. The highest BCUT2D eigenvalue weighted by atomic mass is 32.2. The molecule has 1 atom stereocenters. The maximum absolute atomic E-state index is 4.36. The van der Waals surface area contributed by atoms with Crippen LogP contribution in [-0.2, 0) is 6.42 Å². The van der Waals surface area contributed by atoms with Gasteiger partial charge in [0.15, 0.2) is 0 Å². The summed E-state index contributed by atoms with van der Waals surface area (Å²) in [4.78, 5) is 1.47. The minimum Gasteiger partial charge on any atom is -0.310 e. The van der Waals surface area contributed by atoms with Gasteiger partial charge in [-0.15, -0.1) is 11.8 Å². The maximum atomic E-state index is 4.36. The molecule has 0 radical (unpaired) electrons. The molecule has 1 heterocycles. The van der Waals surface area contributed by atoms with Crippen molar-refractivity contribution in [3.05, 3.63) is 35.9 Å². The lowest BCUT2D eigenvalue weighted by Crippen LogP contribution is -2.31.